The van der Waals surface area contributed by atoms with Gasteiger partial charge in [-0.05, 0) is 20.8 Å². The van der Waals surface area contributed by atoms with Gasteiger partial charge in [-0.25, -0.2) is 9.59 Å². The fourth-order valence-corrected chi connectivity index (χ4v) is 2.90. The second-order valence-corrected chi connectivity index (χ2v) is 7.54. The molecule has 1 saturated heterocycles. The number of carbonyl (C=O) groups is 2. The van der Waals surface area contributed by atoms with E-state index in [0.717, 1.165) is 11.3 Å². The normalized spacial score (nSPS) is 15.2. The van der Waals surface area contributed by atoms with Crippen molar-refractivity contribution >= 4 is 35.0 Å². The van der Waals surface area contributed by atoms with Crippen LogP contribution in [-0.2, 0) is 9.47 Å². The highest BCUT2D eigenvalue weighted by molar-refractivity contribution is 7.18. The van der Waals surface area contributed by atoms with Gasteiger partial charge in [0.2, 0.25) is 0 Å². The maximum Gasteiger partial charge on any atom is 0.410 e. The van der Waals surface area contributed by atoms with Gasteiger partial charge in [0, 0.05) is 6.07 Å². The Bertz CT molecular complexity index is 574. The number of thiophene rings is 1. The van der Waals surface area contributed by atoms with Crippen molar-refractivity contribution in [2.75, 3.05) is 20.2 Å². The molecule has 22 heavy (non-hydrogen) atoms. The van der Waals surface area contributed by atoms with Crippen molar-refractivity contribution < 1.29 is 23.8 Å². The SMILES string of the molecule is COC(=O)c1sc(Cl)cc1OC1CN(C(=O)OC(C)(C)C)C1. The van der Waals surface area contributed by atoms with Gasteiger partial charge in [-0.2, -0.15) is 0 Å². The van der Waals surface area contributed by atoms with Crippen LogP contribution in [0.5, 0.6) is 5.75 Å². The van der Waals surface area contributed by atoms with Crippen molar-refractivity contribution in [2.45, 2.75) is 32.5 Å². The maximum atomic E-state index is 11.8. The molecular weight excluding hydrogens is 330 g/mol. The first-order valence-electron chi connectivity index (χ1n) is 6.72. The van der Waals surface area contributed by atoms with Crippen LogP contribution in [0.1, 0.15) is 30.4 Å². The molecule has 1 amide bonds. The Hall–Kier alpha value is -1.47. The molecule has 0 N–H and O–H groups in total. The molecule has 0 spiro atoms. The minimum atomic E-state index is -0.526. The zero-order valence-corrected chi connectivity index (χ0v) is 14.4. The topological polar surface area (TPSA) is 65.1 Å². The average molecular weight is 348 g/mol. The van der Waals surface area contributed by atoms with Crippen LogP contribution in [0.15, 0.2) is 6.07 Å². The molecule has 2 heterocycles. The molecule has 1 aliphatic heterocycles. The summed E-state index contributed by atoms with van der Waals surface area (Å²) in [6.45, 7) is 6.25. The Kier molecular flexibility index (Phi) is 4.87. The number of methoxy groups -OCH3 is 1. The maximum absolute atomic E-state index is 11.8. The zero-order valence-electron chi connectivity index (χ0n) is 12.8. The van der Waals surface area contributed by atoms with Crippen molar-refractivity contribution in [3.63, 3.8) is 0 Å². The van der Waals surface area contributed by atoms with Gasteiger partial charge in [-0.1, -0.05) is 11.6 Å². The second-order valence-electron chi connectivity index (χ2n) is 5.86. The number of likely N-dealkylation sites (tertiary alicyclic amines) is 1. The number of carbonyl (C=O) groups excluding carboxylic acids is 2. The molecule has 0 radical (unpaired) electrons. The molecule has 0 aliphatic carbocycles. The second kappa shape index (κ2) is 6.34. The van der Waals surface area contributed by atoms with E-state index >= 15 is 0 Å². The van der Waals surface area contributed by atoms with Crippen molar-refractivity contribution in [2.24, 2.45) is 0 Å². The molecule has 122 valence electrons. The number of nitrogens with zero attached hydrogens (tertiary/aromatic N) is 1. The molecule has 6 nitrogen and oxygen atoms in total. The van der Waals surface area contributed by atoms with Gasteiger partial charge in [0.05, 0.1) is 24.5 Å². The van der Waals surface area contributed by atoms with E-state index in [1.165, 1.54) is 7.11 Å². The van der Waals surface area contributed by atoms with Gasteiger partial charge in [0.15, 0.2) is 4.88 Å². The highest BCUT2D eigenvalue weighted by Gasteiger charge is 2.36. The average Bonchev–Trinajstić information content (AvgIpc) is 2.71. The van der Waals surface area contributed by atoms with Crippen LogP contribution >= 0.6 is 22.9 Å². The standard InChI is InChI=1S/C14H18ClNO5S/c1-14(2,3)21-13(18)16-6-8(7-16)20-9-5-10(15)22-11(9)12(17)19-4/h5,8H,6-7H2,1-4H3. The van der Waals surface area contributed by atoms with Crippen LogP contribution in [0, 0.1) is 0 Å². The summed E-state index contributed by atoms with van der Waals surface area (Å²) in [6, 6.07) is 1.58. The van der Waals surface area contributed by atoms with Gasteiger partial charge >= 0.3 is 12.1 Å². The fraction of sp³-hybridized carbons (Fsp3) is 0.571. The highest BCUT2D eigenvalue weighted by atomic mass is 35.5. The first kappa shape index (κ1) is 16.9. The van der Waals surface area contributed by atoms with Crippen molar-refractivity contribution in [1.29, 1.82) is 0 Å². The van der Waals surface area contributed by atoms with E-state index in [1.54, 1.807) is 11.0 Å². The van der Waals surface area contributed by atoms with E-state index in [0.29, 0.717) is 28.1 Å². The zero-order chi connectivity index (χ0) is 16.5. The van der Waals surface area contributed by atoms with Gasteiger partial charge in [0.1, 0.15) is 17.5 Å². The lowest BCUT2D eigenvalue weighted by Crippen LogP contribution is -2.57. The number of ether oxygens (including phenoxy) is 3. The molecule has 2 rings (SSSR count). The number of halogens is 1. The van der Waals surface area contributed by atoms with Crippen LogP contribution in [-0.4, -0.2) is 48.9 Å². The number of hydrogen-bond acceptors (Lipinski definition) is 6. The van der Waals surface area contributed by atoms with Crippen LogP contribution in [0.3, 0.4) is 0 Å². The predicted octanol–water partition coefficient (Wildman–Crippen LogP) is 3.19. The molecule has 8 heteroatoms. The number of amides is 1. The number of rotatable bonds is 3. The molecule has 0 atom stereocenters. The third kappa shape index (κ3) is 4.04. The van der Waals surface area contributed by atoms with Crippen molar-refractivity contribution in [3.05, 3.63) is 15.3 Å². The number of hydrogen-bond donors (Lipinski definition) is 0. The van der Waals surface area contributed by atoms with Crippen LogP contribution in [0.4, 0.5) is 4.79 Å². The quantitative estimate of drug-likeness (QED) is 0.786. The summed E-state index contributed by atoms with van der Waals surface area (Å²) >= 11 is 7.01. The molecule has 1 fully saturated rings. The van der Waals surface area contributed by atoms with Gasteiger partial charge in [0.25, 0.3) is 0 Å². The molecule has 1 aliphatic rings. The summed E-state index contributed by atoms with van der Waals surface area (Å²) in [4.78, 5) is 25.3. The predicted molar refractivity (Wildman–Crippen MR) is 82.9 cm³/mol. The van der Waals surface area contributed by atoms with E-state index in [9.17, 15) is 9.59 Å². The molecule has 1 aromatic rings. The third-order valence-electron chi connectivity index (χ3n) is 2.83. The monoisotopic (exact) mass is 347 g/mol. The van der Waals surface area contributed by atoms with E-state index in [1.807, 2.05) is 20.8 Å². The third-order valence-corrected chi connectivity index (χ3v) is 4.06. The van der Waals surface area contributed by atoms with Crippen LogP contribution < -0.4 is 4.74 Å². The smallest absolute Gasteiger partial charge is 0.410 e. The molecule has 0 aromatic carbocycles. The Labute approximate surface area is 137 Å². The molecule has 0 saturated carbocycles. The van der Waals surface area contributed by atoms with Crippen LogP contribution in [0.2, 0.25) is 4.34 Å². The molecule has 0 unspecified atom stereocenters. The van der Waals surface area contributed by atoms with E-state index < -0.39 is 11.6 Å². The lowest BCUT2D eigenvalue weighted by molar-refractivity contribution is -0.0223. The first-order chi connectivity index (χ1) is 10.2. The Morgan fingerprint density at radius 2 is 2.00 bits per heavy atom. The summed E-state index contributed by atoms with van der Waals surface area (Å²) < 4.78 is 16.1. The molecular formula is C14H18ClNO5S. The van der Waals surface area contributed by atoms with Gasteiger partial charge in [-0.15, -0.1) is 11.3 Å². The lowest BCUT2D eigenvalue weighted by Gasteiger charge is -2.39. The first-order valence-corrected chi connectivity index (χ1v) is 7.91. The summed E-state index contributed by atoms with van der Waals surface area (Å²) in [5.74, 6) is -0.106. The van der Waals surface area contributed by atoms with Gasteiger partial charge in [-0.3, -0.25) is 0 Å². The minimum Gasteiger partial charge on any atom is -0.485 e. The largest absolute Gasteiger partial charge is 0.485 e. The summed E-state index contributed by atoms with van der Waals surface area (Å²) in [5, 5.41) is 0. The molecule has 1 aromatic heterocycles. The Morgan fingerprint density at radius 3 is 2.55 bits per heavy atom. The van der Waals surface area contributed by atoms with Crippen LogP contribution in [0.25, 0.3) is 0 Å². The summed E-state index contributed by atoms with van der Waals surface area (Å²) in [6.07, 6.45) is -0.564. The lowest BCUT2D eigenvalue weighted by atomic mass is 10.1. The van der Waals surface area contributed by atoms with E-state index in [2.05, 4.69) is 4.74 Å². The summed E-state index contributed by atoms with van der Waals surface area (Å²) in [5.41, 5.74) is -0.526. The fourth-order valence-electron chi connectivity index (χ4n) is 1.84. The van der Waals surface area contributed by atoms with Crippen molar-refractivity contribution in [3.8, 4) is 5.75 Å². The van der Waals surface area contributed by atoms with E-state index in [-0.39, 0.29) is 12.2 Å². The Morgan fingerprint density at radius 1 is 1.36 bits per heavy atom. The minimum absolute atomic E-state index is 0.193. The van der Waals surface area contributed by atoms with E-state index in [4.69, 9.17) is 21.1 Å². The molecule has 0 bridgehead atoms. The highest BCUT2D eigenvalue weighted by Crippen LogP contribution is 2.35. The van der Waals surface area contributed by atoms with Crippen molar-refractivity contribution in [1.82, 2.24) is 4.90 Å². The van der Waals surface area contributed by atoms with Gasteiger partial charge < -0.3 is 19.1 Å². The summed E-state index contributed by atoms with van der Waals surface area (Å²) in [7, 11) is 1.30. The Balaban J connectivity index is 1.91. The number of esters is 1.